The number of sulfonamides is 1. The highest BCUT2D eigenvalue weighted by molar-refractivity contribution is 7.92. The van der Waals surface area contributed by atoms with Crippen LogP contribution in [0.5, 0.6) is 0 Å². The number of benzene rings is 1. The van der Waals surface area contributed by atoms with E-state index >= 15 is 0 Å². The van der Waals surface area contributed by atoms with Crippen molar-refractivity contribution in [2.24, 2.45) is 0 Å². The van der Waals surface area contributed by atoms with Crippen LogP contribution in [0.15, 0.2) is 35.4 Å². The number of nitrogens with two attached hydrogens (primary N) is 1. The van der Waals surface area contributed by atoms with E-state index < -0.39 is 10.0 Å². The molecule has 0 saturated heterocycles. The highest BCUT2D eigenvalue weighted by Crippen LogP contribution is 2.27. The molecule has 7 heteroatoms. The molecule has 0 fully saturated rings. The van der Waals surface area contributed by atoms with E-state index in [1.165, 1.54) is 23.4 Å². The maximum Gasteiger partial charge on any atom is 0.263 e. The third-order valence-electron chi connectivity index (χ3n) is 3.51. The van der Waals surface area contributed by atoms with Crippen molar-refractivity contribution in [3.8, 4) is 0 Å². The van der Waals surface area contributed by atoms with Gasteiger partial charge in [0.15, 0.2) is 0 Å². The fourth-order valence-corrected chi connectivity index (χ4v) is 3.68. The lowest BCUT2D eigenvalue weighted by molar-refractivity contribution is 0.601. The number of fused-ring (bicyclic) bond motifs is 1. The van der Waals surface area contributed by atoms with Crippen LogP contribution < -0.4 is 10.5 Å². The Morgan fingerprint density at radius 1 is 1.19 bits per heavy atom. The molecule has 1 heterocycles. The third-order valence-corrected chi connectivity index (χ3v) is 5.16. The van der Waals surface area contributed by atoms with Crippen LogP contribution >= 0.6 is 11.6 Å². The fourth-order valence-electron chi connectivity index (χ4n) is 2.43. The second kappa shape index (κ2) is 5.20. The minimum Gasteiger partial charge on any atom is -0.382 e. The Labute approximate surface area is 128 Å². The quantitative estimate of drug-likeness (QED) is 0.909. The first-order chi connectivity index (χ1) is 9.95. The Hall–Kier alpha value is -1.79. The van der Waals surface area contributed by atoms with E-state index in [0.29, 0.717) is 5.69 Å². The summed E-state index contributed by atoms with van der Waals surface area (Å²) in [5.41, 5.74) is 8.52. The topological polar surface area (TPSA) is 85.1 Å². The minimum absolute atomic E-state index is 0.0119. The highest BCUT2D eigenvalue weighted by Gasteiger charge is 2.18. The van der Waals surface area contributed by atoms with Gasteiger partial charge in [-0.1, -0.05) is 17.7 Å². The number of nitrogen functional groups attached to an aromatic ring is 1. The number of aryl methyl sites for hydroxylation is 2. The van der Waals surface area contributed by atoms with E-state index in [1.54, 1.807) is 6.07 Å². The first-order valence-corrected chi connectivity index (χ1v) is 8.37. The summed E-state index contributed by atoms with van der Waals surface area (Å²) < 4.78 is 27.2. The standard InChI is InChI=1S/C14H14ClN3O2S/c15-13-7-12(8-17-14(13)16)21(19,20)18-11-5-4-9-2-1-3-10(9)6-11/h4-8,18H,1-3H2,(H2,16,17). The smallest absolute Gasteiger partial charge is 0.263 e. The van der Waals surface area contributed by atoms with Crippen molar-refractivity contribution in [3.05, 3.63) is 46.6 Å². The van der Waals surface area contributed by atoms with Crippen LogP contribution in [0.1, 0.15) is 17.5 Å². The van der Waals surface area contributed by atoms with Gasteiger partial charge < -0.3 is 5.73 Å². The second-order valence-electron chi connectivity index (χ2n) is 4.98. The number of aromatic nitrogens is 1. The fraction of sp³-hybridized carbons (Fsp3) is 0.214. The number of hydrogen-bond acceptors (Lipinski definition) is 4. The van der Waals surface area contributed by atoms with Gasteiger partial charge in [-0.3, -0.25) is 4.72 Å². The largest absolute Gasteiger partial charge is 0.382 e. The Balaban J connectivity index is 1.90. The van der Waals surface area contributed by atoms with Crippen LogP contribution in [0.4, 0.5) is 11.5 Å². The van der Waals surface area contributed by atoms with Gasteiger partial charge in [0.05, 0.1) is 5.02 Å². The Bertz CT molecular complexity index is 806. The Kier molecular flexibility index (Phi) is 3.51. The van der Waals surface area contributed by atoms with Gasteiger partial charge in [0.25, 0.3) is 10.0 Å². The lowest BCUT2D eigenvalue weighted by Gasteiger charge is -2.10. The van der Waals surface area contributed by atoms with E-state index in [9.17, 15) is 8.42 Å². The van der Waals surface area contributed by atoms with Gasteiger partial charge in [0, 0.05) is 11.9 Å². The normalized spacial score (nSPS) is 14.0. The molecule has 2 aromatic rings. The molecule has 0 spiro atoms. The van der Waals surface area contributed by atoms with Crippen LogP contribution in [0.25, 0.3) is 0 Å². The summed E-state index contributed by atoms with van der Waals surface area (Å²) in [4.78, 5) is 3.76. The molecule has 21 heavy (non-hydrogen) atoms. The zero-order valence-electron chi connectivity index (χ0n) is 11.1. The molecule has 0 bridgehead atoms. The molecule has 0 unspecified atom stereocenters. The van der Waals surface area contributed by atoms with Crippen molar-refractivity contribution in [1.82, 2.24) is 4.98 Å². The summed E-state index contributed by atoms with van der Waals surface area (Å²) in [5.74, 6) is 0.105. The average molecular weight is 324 g/mol. The molecular weight excluding hydrogens is 310 g/mol. The molecule has 0 amide bonds. The summed E-state index contributed by atoms with van der Waals surface area (Å²) in [5, 5.41) is 0.117. The number of rotatable bonds is 3. The molecule has 3 rings (SSSR count). The van der Waals surface area contributed by atoms with Crippen molar-refractivity contribution in [2.75, 3.05) is 10.5 Å². The van der Waals surface area contributed by atoms with E-state index in [4.69, 9.17) is 17.3 Å². The number of hydrogen-bond donors (Lipinski definition) is 2. The summed E-state index contributed by atoms with van der Waals surface area (Å²) >= 11 is 5.82. The predicted molar refractivity (Wildman–Crippen MR) is 82.9 cm³/mol. The molecule has 0 atom stereocenters. The van der Waals surface area contributed by atoms with Gasteiger partial charge in [-0.2, -0.15) is 0 Å². The second-order valence-corrected chi connectivity index (χ2v) is 7.07. The molecule has 0 aliphatic heterocycles. The summed E-state index contributed by atoms with van der Waals surface area (Å²) in [6, 6.07) is 6.91. The highest BCUT2D eigenvalue weighted by atomic mass is 35.5. The first kappa shape index (κ1) is 14.2. The number of halogens is 1. The van der Waals surface area contributed by atoms with Gasteiger partial charge in [0.2, 0.25) is 0 Å². The molecule has 0 saturated carbocycles. The molecular formula is C14H14ClN3O2S. The monoisotopic (exact) mass is 323 g/mol. The number of nitrogens with one attached hydrogen (secondary N) is 1. The van der Waals surface area contributed by atoms with E-state index in [-0.39, 0.29) is 15.7 Å². The minimum atomic E-state index is -3.72. The Morgan fingerprint density at radius 2 is 1.95 bits per heavy atom. The average Bonchev–Trinajstić information content (AvgIpc) is 2.88. The van der Waals surface area contributed by atoms with Crippen LogP contribution in [-0.2, 0) is 22.9 Å². The van der Waals surface area contributed by atoms with Crippen LogP contribution in [0, 0.1) is 0 Å². The molecule has 1 aromatic heterocycles. The lowest BCUT2D eigenvalue weighted by atomic mass is 10.1. The summed E-state index contributed by atoms with van der Waals surface area (Å²) in [6.45, 7) is 0. The Morgan fingerprint density at radius 3 is 2.71 bits per heavy atom. The molecule has 3 N–H and O–H groups in total. The van der Waals surface area contributed by atoms with Gasteiger partial charge in [-0.15, -0.1) is 0 Å². The van der Waals surface area contributed by atoms with Gasteiger partial charge in [-0.25, -0.2) is 13.4 Å². The third kappa shape index (κ3) is 2.82. The molecule has 1 aliphatic carbocycles. The molecule has 1 aliphatic rings. The van der Waals surface area contributed by atoms with Crippen molar-refractivity contribution >= 4 is 33.1 Å². The van der Waals surface area contributed by atoms with Crippen molar-refractivity contribution in [3.63, 3.8) is 0 Å². The van der Waals surface area contributed by atoms with Gasteiger partial charge in [-0.05, 0) is 48.6 Å². The van der Waals surface area contributed by atoms with Crippen molar-refractivity contribution in [1.29, 1.82) is 0 Å². The number of anilines is 2. The molecule has 1 aromatic carbocycles. The molecule has 110 valence electrons. The van der Waals surface area contributed by atoms with Crippen LogP contribution in [0.3, 0.4) is 0 Å². The zero-order chi connectivity index (χ0) is 15.0. The van der Waals surface area contributed by atoms with Crippen molar-refractivity contribution in [2.45, 2.75) is 24.2 Å². The van der Waals surface area contributed by atoms with Gasteiger partial charge in [0.1, 0.15) is 10.7 Å². The van der Waals surface area contributed by atoms with Crippen molar-refractivity contribution < 1.29 is 8.42 Å². The number of nitrogens with zero attached hydrogens (tertiary/aromatic N) is 1. The summed E-state index contributed by atoms with van der Waals surface area (Å²) in [7, 11) is -3.72. The SMILES string of the molecule is Nc1ncc(S(=O)(=O)Nc2ccc3c(c2)CCC3)cc1Cl. The predicted octanol–water partition coefficient (Wildman–Crippen LogP) is 2.61. The van der Waals surface area contributed by atoms with E-state index in [1.807, 2.05) is 12.1 Å². The van der Waals surface area contributed by atoms with Gasteiger partial charge >= 0.3 is 0 Å². The molecule has 0 radical (unpaired) electrons. The van der Waals surface area contributed by atoms with Crippen LogP contribution in [-0.4, -0.2) is 13.4 Å². The maximum absolute atomic E-state index is 12.3. The van der Waals surface area contributed by atoms with Crippen LogP contribution in [0.2, 0.25) is 5.02 Å². The van der Waals surface area contributed by atoms with E-state index in [2.05, 4.69) is 9.71 Å². The van der Waals surface area contributed by atoms with E-state index in [0.717, 1.165) is 19.3 Å². The zero-order valence-corrected chi connectivity index (χ0v) is 12.7. The number of pyridine rings is 1. The molecule has 5 nitrogen and oxygen atoms in total. The lowest BCUT2D eigenvalue weighted by Crippen LogP contribution is -2.13. The maximum atomic E-state index is 12.3. The first-order valence-electron chi connectivity index (χ1n) is 6.51. The summed E-state index contributed by atoms with van der Waals surface area (Å²) in [6.07, 6.45) is 4.35.